The van der Waals surface area contributed by atoms with Crippen molar-refractivity contribution in [2.24, 2.45) is 0 Å². The first-order valence-electron chi connectivity index (χ1n) is 11.0. The average molecular weight is 462 g/mol. The van der Waals surface area contributed by atoms with E-state index in [0.717, 1.165) is 22.5 Å². The van der Waals surface area contributed by atoms with Crippen molar-refractivity contribution < 1.29 is 17.9 Å². The van der Waals surface area contributed by atoms with Crippen molar-refractivity contribution in [2.75, 3.05) is 39.8 Å². The molecule has 2 aromatic rings. The number of rotatable bonds is 6. The number of Topliss-reactive ketones (excluding diaryl/α,β-unsaturated/α-hetero) is 1. The lowest BCUT2D eigenvalue weighted by atomic mass is 10.1. The van der Waals surface area contributed by atoms with Gasteiger partial charge in [-0.3, -0.25) is 9.69 Å². The molecule has 0 radical (unpaired) electrons. The highest BCUT2D eigenvalue weighted by Gasteiger charge is 2.32. The van der Waals surface area contributed by atoms with E-state index in [2.05, 4.69) is 25.3 Å². The molecule has 1 saturated heterocycles. The number of benzene rings is 1. The van der Waals surface area contributed by atoms with E-state index in [-0.39, 0.29) is 22.8 Å². The number of carbonyl (C=O) groups excluding carboxylic acids is 1. The largest absolute Gasteiger partial charge is 0.495 e. The van der Waals surface area contributed by atoms with Crippen LogP contribution >= 0.6 is 0 Å². The Hall–Kier alpha value is -2.16. The Morgan fingerprint density at radius 2 is 1.66 bits per heavy atom. The lowest BCUT2D eigenvalue weighted by Crippen LogP contribution is -2.49. The number of hydrogen-bond acceptors (Lipinski definition) is 5. The molecule has 1 aromatic heterocycles. The number of aromatic nitrogens is 1. The second-order valence-electron chi connectivity index (χ2n) is 9.55. The zero-order valence-electron chi connectivity index (χ0n) is 20.2. The molecule has 8 heteroatoms. The molecule has 3 rings (SSSR count). The molecule has 0 bridgehead atoms. The minimum atomic E-state index is -3.66. The monoisotopic (exact) mass is 461 g/mol. The van der Waals surface area contributed by atoms with E-state index in [1.54, 1.807) is 12.1 Å². The molecule has 0 spiro atoms. The summed E-state index contributed by atoms with van der Waals surface area (Å²) in [6, 6.07) is 7.13. The molecule has 0 atom stereocenters. The van der Waals surface area contributed by atoms with Crippen LogP contribution in [0, 0.1) is 20.8 Å². The van der Waals surface area contributed by atoms with Gasteiger partial charge in [0, 0.05) is 48.7 Å². The van der Waals surface area contributed by atoms with Gasteiger partial charge in [0.15, 0.2) is 5.78 Å². The van der Waals surface area contributed by atoms with E-state index >= 15 is 0 Å². The molecule has 2 heterocycles. The van der Waals surface area contributed by atoms with Crippen molar-refractivity contribution in [3.63, 3.8) is 0 Å². The second kappa shape index (κ2) is 9.00. The van der Waals surface area contributed by atoms with Crippen LogP contribution in [0.25, 0.3) is 0 Å². The van der Waals surface area contributed by atoms with Gasteiger partial charge in [-0.1, -0.05) is 6.07 Å². The third-order valence-electron chi connectivity index (χ3n) is 6.04. The van der Waals surface area contributed by atoms with Crippen LogP contribution in [0.2, 0.25) is 0 Å². The number of carbonyl (C=O) groups is 1. The molecule has 0 aliphatic carbocycles. The van der Waals surface area contributed by atoms with Gasteiger partial charge in [-0.2, -0.15) is 4.31 Å². The molecule has 1 aliphatic rings. The Balaban J connectivity index is 1.69. The SMILES string of the molecule is COc1ccc(C)cc1S(=O)(=O)N1CCN(CC(=O)c2cc(C)n(C(C)(C)C)c2C)CC1. The standard InChI is InChI=1S/C24H35N3O4S/c1-17-8-9-22(31-7)23(14-17)32(29,30)26-12-10-25(11-13-26)16-21(28)20-15-18(2)27(19(20)3)24(4,5)6/h8-9,14-15H,10-13,16H2,1-7H3. The fourth-order valence-corrected chi connectivity index (χ4v) is 6.28. The smallest absolute Gasteiger partial charge is 0.246 e. The van der Waals surface area contributed by atoms with Gasteiger partial charge in [0.05, 0.1) is 13.7 Å². The minimum Gasteiger partial charge on any atom is -0.495 e. The molecule has 7 nitrogen and oxygen atoms in total. The zero-order valence-corrected chi connectivity index (χ0v) is 21.0. The molecule has 0 unspecified atom stereocenters. The van der Waals surface area contributed by atoms with Gasteiger partial charge in [0.2, 0.25) is 10.0 Å². The van der Waals surface area contributed by atoms with Crippen LogP contribution in [0.3, 0.4) is 0 Å². The van der Waals surface area contributed by atoms with Crippen molar-refractivity contribution in [1.29, 1.82) is 0 Å². The molecular weight excluding hydrogens is 426 g/mol. The van der Waals surface area contributed by atoms with Gasteiger partial charge in [0.1, 0.15) is 10.6 Å². The van der Waals surface area contributed by atoms with Crippen LogP contribution in [-0.4, -0.2) is 67.8 Å². The summed E-state index contributed by atoms with van der Waals surface area (Å²) in [5, 5.41) is 0. The van der Waals surface area contributed by atoms with Crippen molar-refractivity contribution in [3.8, 4) is 5.75 Å². The fraction of sp³-hybridized carbons (Fsp3) is 0.542. The minimum absolute atomic E-state index is 0.0743. The van der Waals surface area contributed by atoms with Crippen molar-refractivity contribution in [3.05, 3.63) is 46.8 Å². The highest BCUT2D eigenvalue weighted by Crippen LogP contribution is 2.29. The van der Waals surface area contributed by atoms with E-state index in [4.69, 9.17) is 4.74 Å². The number of sulfonamides is 1. The van der Waals surface area contributed by atoms with Crippen LogP contribution in [0.4, 0.5) is 0 Å². The first kappa shape index (κ1) is 24.5. The predicted molar refractivity (Wildman–Crippen MR) is 126 cm³/mol. The topological polar surface area (TPSA) is 71.9 Å². The van der Waals surface area contributed by atoms with Crippen molar-refractivity contribution in [2.45, 2.75) is 52.0 Å². The van der Waals surface area contributed by atoms with Gasteiger partial charge in [-0.05, 0) is 65.3 Å². The molecule has 1 fully saturated rings. The van der Waals surface area contributed by atoms with Gasteiger partial charge in [0.25, 0.3) is 0 Å². The Morgan fingerprint density at radius 1 is 1.03 bits per heavy atom. The van der Waals surface area contributed by atoms with Crippen molar-refractivity contribution >= 4 is 15.8 Å². The normalized spacial score (nSPS) is 16.3. The number of aryl methyl sites for hydroxylation is 2. The number of hydrogen-bond donors (Lipinski definition) is 0. The molecule has 176 valence electrons. The molecule has 1 aromatic carbocycles. The number of nitrogens with zero attached hydrogens (tertiary/aromatic N) is 3. The van der Waals surface area contributed by atoms with Gasteiger partial charge in [-0.15, -0.1) is 0 Å². The molecule has 1 aliphatic heterocycles. The average Bonchev–Trinajstić information content (AvgIpc) is 3.02. The quantitative estimate of drug-likeness (QED) is 0.617. The van der Waals surface area contributed by atoms with Crippen LogP contribution in [-0.2, 0) is 15.6 Å². The Kier molecular flexibility index (Phi) is 6.88. The van der Waals surface area contributed by atoms with Crippen LogP contribution in [0.1, 0.15) is 48.1 Å². The first-order valence-corrected chi connectivity index (χ1v) is 12.4. The summed E-state index contributed by atoms with van der Waals surface area (Å²) in [6.45, 7) is 14.3. The third-order valence-corrected chi connectivity index (χ3v) is 7.96. The van der Waals surface area contributed by atoms with Crippen molar-refractivity contribution in [1.82, 2.24) is 13.8 Å². The van der Waals surface area contributed by atoms with E-state index in [1.807, 2.05) is 37.8 Å². The lowest BCUT2D eigenvalue weighted by molar-refractivity contribution is 0.0901. The Morgan fingerprint density at radius 3 is 2.19 bits per heavy atom. The third kappa shape index (κ3) is 4.77. The summed E-state index contributed by atoms with van der Waals surface area (Å²) in [5.74, 6) is 0.424. The Bertz CT molecular complexity index is 1100. The second-order valence-corrected chi connectivity index (χ2v) is 11.5. The summed E-state index contributed by atoms with van der Waals surface area (Å²) in [6.07, 6.45) is 0. The number of ether oxygens (including phenoxy) is 1. The lowest BCUT2D eigenvalue weighted by Gasteiger charge is -2.33. The highest BCUT2D eigenvalue weighted by molar-refractivity contribution is 7.89. The molecule has 0 saturated carbocycles. The molecule has 32 heavy (non-hydrogen) atoms. The maximum absolute atomic E-state index is 13.2. The summed E-state index contributed by atoms with van der Waals surface area (Å²) in [5.41, 5.74) is 3.57. The van der Waals surface area contributed by atoms with E-state index in [1.165, 1.54) is 11.4 Å². The fourth-order valence-electron chi connectivity index (χ4n) is 4.62. The number of methoxy groups -OCH3 is 1. The van der Waals surface area contributed by atoms with Gasteiger partial charge < -0.3 is 9.30 Å². The van der Waals surface area contributed by atoms with Crippen LogP contribution in [0.15, 0.2) is 29.2 Å². The summed E-state index contributed by atoms with van der Waals surface area (Å²) in [4.78, 5) is 15.3. The summed E-state index contributed by atoms with van der Waals surface area (Å²) < 4.78 is 35.4. The number of ketones is 1. The maximum atomic E-state index is 13.2. The summed E-state index contributed by atoms with van der Waals surface area (Å²) in [7, 11) is -2.19. The molecular formula is C24H35N3O4S. The number of piperazine rings is 1. The zero-order chi connectivity index (χ0) is 23.8. The van der Waals surface area contributed by atoms with E-state index < -0.39 is 10.0 Å². The Labute approximate surface area is 192 Å². The van der Waals surface area contributed by atoms with E-state index in [9.17, 15) is 13.2 Å². The first-order chi connectivity index (χ1) is 14.9. The molecule has 0 amide bonds. The predicted octanol–water partition coefficient (Wildman–Crippen LogP) is 3.37. The van der Waals surface area contributed by atoms with Gasteiger partial charge in [-0.25, -0.2) is 8.42 Å². The maximum Gasteiger partial charge on any atom is 0.246 e. The summed E-state index contributed by atoms with van der Waals surface area (Å²) >= 11 is 0. The van der Waals surface area contributed by atoms with Crippen LogP contribution < -0.4 is 4.74 Å². The molecule has 0 N–H and O–H groups in total. The van der Waals surface area contributed by atoms with E-state index in [0.29, 0.717) is 31.9 Å². The van der Waals surface area contributed by atoms with Crippen LogP contribution in [0.5, 0.6) is 5.75 Å². The van der Waals surface area contributed by atoms with Gasteiger partial charge >= 0.3 is 0 Å². The highest BCUT2D eigenvalue weighted by atomic mass is 32.2.